The maximum Gasteiger partial charge on any atom is 0.227 e. The predicted octanol–water partition coefficient (Wildman–Crippen LogP) is 4.38. The second kappa shape index (κ2) is 6.11. The van der Waals surface area contributed by atoms with Gasteiger partial charge in [-0.1, -0.05) is 29.3 Å². The third kappa shape index (κ3) is 2.76. The van der Waals surface area contributed by atoms with Crippen molar-refractivity contribution in [2.24, 2.45) is 5.92 Å². The number of anilines is 1. The minimum atomic E-state index is -0.0932. The van der Waals surface area contributed by atoms with E-state index in [4.69, 9.17) is 23.2 Å². The first kappa shape index (κ1) is 15.5. The van der Waals surface area contributed by atoms with E-state index in [-0.39, 0.29) is 11.8 Å². The van der Waals surface area contributed by atoms with Crippen LogP contribution in [0.25, 0.3) is 5.65 Å². The summed E-state index contributed by atoms with van der Waals surface area (Å²) in [6, 6.07) is 11.0. The van der Waals surface area contributed by atoms with E-state index in [2.05, 4.69) is 14.7 Å². The van der Waals surface area contributed by atoms with Crippen LogP contribution in [0.4, 0.5) is 5.69 Å². The molecule has 24 heavy (non-hydrogen) atoms. The Labute approximate surface area is 149 Å². The number of hydrogen-bond acceptors (Lipinski definition) is 2. The van der Waals surface area contributed by atoms with Gasteiger partial charge in [-0.25, -0.2) is 4.98 Å². The summed E-state index contributed by atoms with van der Waals surface area (Å²) in [5.41, 5.74) is 3.74. The summed E-state index contributed by atoms with van der Waals surface area (Å²) in [6.45, 7) is 0. The molecule has 1 amide bonds. The van der Waals surface area contributed by atoms with Crippen molar-refractivity contribution >= 4 is 40.4 Å². The first-order valence-electron chi connectivity index (χ1n) is 7.82. The average Bonchev–Trinajstić information content (AvgIpc) is 2.95. The second-order valence-corrected chi connectivity index (χ2v) is 6.83. The van der Waals surface area contributed by atoms with Crippen LogP contribution in [-0.4, -0.2) is 15.3 Å². The summed E-state index contributed by atoms with van der Waals surface area (Å²) in [7, 11) is 0. The molecule has 2 aromatic heterocycles. The molecule has 0 spiro atoms. The van der Waals surface area contributed by atoms with Crippen molar-refractivity contribution < 1.29 is 4.79 Å². The number of benzene rings is 1. The lowest BCUT2D eigenvalue weighted by atomic mass is 9.89. The summed E-state index contributed by atoms with van der Waals surface area (Å²) in [5, 5.41) is 3.91. The second-order valence-electron chi connectivity index (χ2n) is 5.99. The predicted molar refractivity (Wildman–Crippen MR) is 95.8 cm³/mol. The van der Waals surface area contributed by atoms with Crippen LogP contribution in [-0.2, 0) is 17.6 Å². The highest BCUT2D eigenvalue weighted by Gasteiger charge is 2.28. The van der Waals surface area contributed by atoms with Crippen molar-refractivity contribution in [1.82, 2.24) is 9.38 Å². The van der Waals surface area contributed by atoms with Gasteiger partial charge < -0.3 is 9.72 Å². The molecule has 1 aliphatic carbocycles. The van der Waals surface area contributed by atoms with Crippen molar-refractivity contribution in [2.75, 3.05) is 5.32 Å². The van der Waals surface area contributed by atoms with Gasteiger partial charge >= 0.3 is 0 Å². The SMILES string of the molecule is O=C(Nc1ccc(Cl)cc1Cl)C1CCc2nc3ccccn3c2C1. The number of aromatic nitrogens is 2. The molecule has 6 heteroatoms. The average molecular weight is 360 g/mol. The summed E-state index contributed by atoms with van der Waals surface area (Å²) in [4.78, 5) is 17.3. The van der Waals surface area contributed by atoms with Crippen molar-refractivity contribution in [3.05, 3.63) is 64.0 Å². The van der Waals surface area contributed by atoms with Crippen LogP contribution in [0, 0.1) is 5.92 Å². The number of nitrogens with zero attached hydrogens (tertiary/aromatic N) is 2. The van der Waals surface area contributed by atoms with E-state index < -0.39 is 0 Å². The normalized spacial score (nSPS) is 16.8. The highest BCUT2D eigenvalue weighted by Crippen LogP contribution is 2.29. The Bertz CT molecular complexity index is 935. The van der Waals surface area contributed by atoms with Crippen LogP contribution in [0.1, 0.15) is 17.8 Å². The van der Waals surface area contributed by atoms with Crippen LogP contribution < -0.4 is 5.32 Å². The Hall–Kier alpha value is -2.04. The summed E-state index contributed by atoms with van der Waals surface area (Å²) in [6.07, 6.45) is 4.27. The zero-order chi connectivity index (χ0) is 16.7. The number of rotatable bonds is 2. The van der Waals surface area contributed by atoms with Gasteiger partial charge in [-0.05, 0) is 43.2 Å². The van der Waals surface area contributed by atoms with E-state index in [1.165, 1.54) is 0 Å². The largest absolute Gasteiger partial charge is 0.325 e. The number of pyridine rings is 1. The van der Waals surface area contributed by atoms with Crippen LogP contribution in [0.2, 0.25) is 10.0 Å². The quantitative estimate of drug-likeness (QED) is 0.737. The number of nitrogens with one attached hydrogen (secondary N) is 1. The molecule has 1 aliphatic rings. The topological polar surface area (TPSA) is 46.4 Å². The molecule has 0 saturated carbocycles. The molecule has 0 radical (unpaired) electrons. The van der Waals surface area contributed by atoms with Crippen molar-refractivity contribution in [3.8, 4) is 0 Å². The lowest BCUT2D eigenvalue weighted by Crippen LogP contribution is -2.28. The van der Waals surface area contributed by atoms with E-state index in [1.807, 2.05) is 24.4 Å². The highest BCUT2D eigenvalue weighted by atomic mass is 35.5. The summed E-state index contributed by atoms with van der Waals surface area (Å²) in [5.74, 6) is -0.111. The molecule has 2 heterocycles. The molecule has 0 saturated heterocycles. The number of aryl methyl sites for hydroxylation is 1. The molecule has 1 N–H and O–H groups in total. The van der Waals surface area contributed by atoms with Crippen molar-refractivity contribution in [2.45, 2.75) is 19.3 Å². The fourth-order valence-corrected chi connectivity index (χ4v) is 3.66. The number of halogens is 2. The molecule has 1 unspecified atom stereocenters. The summed E-state index contributed by atoms with van der Waals surface area (Å²) >= 11 is 12.0. The van der Waals surface area contributed by atoms with E-state index in [0.717, 1.165) is 29.9 Å². The molecule has 1 atom stereocenters. The Morgan fingerprint density at radius 3 is 2.96 bits per heavy atom. The van der Waals surface area contributed by atoms with Gasteiger partial charge in [0.05, 0.1) is 16.4 Å². The van der Waals surface area contributed by atoms with E-state index in [1.54, 1.807) is 18.2 Å². The van der Waals surface area contributed by atoms with Crippen LogP contribution in [0.15, 0.2) is 42.6 Å². The van der Waals surface area contributed by atoms with E-state index >= 15 is 0 Å². The van der Waals surface area contributed by atoms with Gasteiger partial charge in [0, 0.05) is 29.3 Å². The molecule has 4 nitrogen and oxygen atoms in total. The fraction of sp³-hybridized carbons (Fsp3) is 0.222. The van der Waals surface area contributed by atoms with Crippen molar-refractivity contribution in [1.29, 1.82) is 0 Å². The Balaban J connectivity index is 1.56. The molecule has 0 fully saturated rings. The molecular formula is C18H15Cl2N3O. The third-order valence-corrected chi connectivity index (χ3v) is 4.99. The Kier molecular flexibility index (Phi) is 3.94. The van der Waals surface area contributed by atoms with Gasteiger partial charge in [-0.2, -0.15) is 0 Å². The zero-order valence-corrected chi connectivity index (χ0v) is 14.3. The molecule has 3 aromatic rings. The molecule has 0 aliphatic heterocycles. The molecular weight excluding hydrogens is 345 g/mol. The Morgan fingerprint density at radius 2 is 2.12 bits per heavy atom. The first-order valence-corrected chi connectivity index (χ1v) is 8.58. The van der Waals surface area contributed by atoms with Gasteiger partial charge in [-0.15, -0.1) is 0 Å². The maximum atomic E-state index is 12.6. The minimum absolute atomic E-state index is 0.0178. The van der Waals surface area contributed by atoms with E-state index in [9.17, 15) is 4.79 Å². The van der Waals surface area contributed by atoms with Gasteiger partial charge in [0.25, 0.3) is 0 Å². The smallest absolute Gasteiger partial charge is 0.227 e. The fourth-order valence-electron chi connectivity index (χ4n) is 3.21. The zero-order valence-electron chi connectivity index (χ0n) is 12.8. The highest BCUT2D eigenvalue weighted by molar-refractivity contribution is 6.36. The van der Waals surface area contributed by atoms with E-state index in [0.29, 0.717) is 22.2 Å². The van der Waals surface area contributed by atoms with Crippen LogP contribution in [0.3, 0.4) is 0 Å². The van der Waals surface area contributed by atoms with Gasteiger partial charge in [0.2, 0.25) is 5.91 Å². The van der Waals surface area contributed by atoms with Crippen molar-refractivity contribution in [3.63, 3.8) is 0 Å². The molecule has 4 rings (SSSR count). The number of hydrogen-bond donors (Lipinski definition) is 1. The molecule has 1 aromatic carbocycles. The number of carbonyl (C=O) groups is 1. The minimum Gasteiger partial charge on any atom is -0.325 e. The third-order valence-electron chi connectivity index (χ3n) is 4.44. The number of carbonyl (C=O) groups excluding carboxylic acids is 1. The maximum absolute atomic E-state index is 12.6. The molecule has 0 bridgehead atoms. The number of imidazole rings is 1. The standard InChI is InChI=1S/C18H15Cl2N3O/c19-12-5-7-14(13(20)10-12)22-18(24)11-4-6-15-16(9-11)23-8-2-1-3-17(23)21-15/h1-3,5,7-8,10-11H,4,6,9H2,(H,22,24). The van der Waals surface area contributed by atoms with Gasteiger partial charge in [0.1, 0.15) is 5.65 Å². The summed E-state index contributed by atoms with van der Waals surface area (Å²) < 4.78 is 2.07. The molecule has 122 valence electrons. The lowest BCUT2D eigenvalue weighted by Gasteiger charge is -2.21. The monoisotopic (exact) mass is 359 g/mol. The van der Waals surface area contributed by atoms with Crippen LogP contribution in [0.5, 0.6) is 0 Å². The number of amides is 1. The lowest BCUT2D eigenvalue weighted by molar-refractivity contribution is -0.120. The first-order chi connectivity index (χ1) is 11.6. The Morgan fingerprint density at radius 1 is 1.25 bits per heavy atom. The van der Waals surface area contributed by atoms with Crippen LogP contribution >= 0.6 is 23.2 Å². The van der Waals surface area contributed by atoms with Gasteiger partial charge in [0.15, 0.2) is 0 Å². The number of fused-ring (bicyclic) bond motifs is 3. The van der Waals surface area contributed by atoms with Gasteiger partial charge in [-0.3, -0.25) is 4.79 Å².